The number of aromatic nitrogens is 2. The molecular formula is C13H13N3O2. The van der Waals surface area contributed by atoms with E-state index in [0.717, 1.165) is 12.1 Å². The third kappa shape index (κ3) is 3.04. The van der Waals surface area contributed by atoms with Gasteiger partial charge in [0.1, 0.15) is 0 Å². The number of nitrogens with zero attached hydrogens (tertiary/aromatic N) is 2. The molecule has 0 unspecified atom stereocenters. The van der Waals surface area contributed by atoms with Crippen LogP contribution in [0.15, 0.2) is 42.9 Å². The number of hydrogen-bond acceptors (Lipinski definition) is 4. The van der Waals surface area contributed by atoms with Crippen LogP contribution in [-0.2, 0) is 6.42 Å². The number of anilines is 1. The van der Waals surface area contributed by atoms with Crippen LogP contribution in [0, 0.1) is 0 Å². The molecule has 2 N–H and O–H groups in total. The van der Waals surface area contributed by atoms with E-state index in [1.807, 2.05) is 18.2 Å². The van der Waals surface area contributed by atoms with Gasteiger partial charge in [0.2, 0.25) is 0 Å². The van der Waals surface area contributed by atoms with Gasteiger partial charge in [-0.25, -0.2) is 4.79 Å². The topological polar surface area (TPSA) is 75.1 Å². The van der Waals surface area contributed by atoms with Gasteiger partial charge in [0.05, 0.1) is 17.4 Å². The maximum Gasteiger partial charge on any atom is 0.337 e. The summed E-state index contributed by atoms with van der Waals surface area (Å²) in [5, 5.41) is 12.1. The first kappa shape index (κ1) is 12.0. The molecule has 0 bridgehead atoms. The molecule has 2 aromatic heterocycles. The highest BCUT2D eigenvalue weighted by atomic mass is 16.4. The van der Waals surface area contributed by atoms with E-state index in [2.05, 4.69) is 15.3 Å². The van der Waals surface area contributed by atoms with Gasteiger partial charge in [0.25, 0.3) is 0 Å². The first-order valence-corrected chi connectivity index (χ1v) is 5.58. The molecule has 5 heteroatoms. The van der Waals surface area contributed by atoms with Gasteiger partial charge in [-0.1, -0.05) is 6.07 Å². The van der Waals surface area contributed by atoms with Crippen molar-refractivity contribution < 1.29 is 9.90 Å². The van der Waals surface area contributed by atoms with Crippen molar-refractivity contribution >= 4 is 11.7 Å². The van der Waals surface area contributed by atoms with Crippen LogP contribution in [0.2, 0.25) is 0 Å². The first-order chi connectivity index (χ1) is 8.77. The Hall–Kier alpha value is -2.43. The van der Waals surface area contributed by atoms with E-state index >= 15 is 0 Å². The first-order valence-electron chi connectivity index (χ1n) is 5.58. The average Bonchev–Trinajstić information content (AvgIpc) is 2.40. The fourth-order valence-electron chi connectivity index (χ4n) is 1.59. The van der Waals surface area contributed by atoms with E-state index in [0.29, 0.717) is 12.2 Å². The van der Waals surface area contributed by atoms with Gasteiger partial charge in [-0.2, -0.15) is 0 Å². The highest BCUT2D eigenvalue weighted by molar-refractivity contribution is 5.93. The van der Waals surface area contributed by atoms with Gasteiger partial charge in [-0.15, -0.1) is 0 Å². The number of carbonyl (C=O) groups is 1. The monoisotopic (exact) mass is 243 g/mol. The fraction of sp³-hybridized carbons (Fsp3) is 0.154. The van der Waals surface area contributed by atoms with Gasteiger partial charge >= 0.3 is 5.97 Å². The molecule has 2 rings (SSSR count). The van der Waals surface area contributed by atoms with Crippen molar-refractivity contribution in [3.05, 3.63) is 54.1 Å². The predicted octanol–water partition coefficient (Wildman–Crippen LogP) is 1.83. The molecule has 0 saturated heterocycles. The van der Waals surface area contributed by atoms with Crippen LogP contribution < -0.4 is 5.32 Å². The molecule has 0 saturated carbocycles. The van der Waals surface area contributed by atoms with Crippen LogP contribution in [0.5, 0.6) is 0 Å². The summed E-state index contributed by atoms with van der Waals surface area (Å²) in [4.78, 5) is 19.1. The zero-order valence-corrected chi connectivity index (χ0v) is 9.71. The predicted molar refractivity (Wildman–Crippen MR) is 67.6 cm³/mol. The Balaban J connectivity index is 1.97. The Bertz CT molecular complexity index is 529. The standard InChI is InChI=1S/C13H13N3O2/c17-13(18)11-5-7-14-9-12(11)16-8-4-10-3-1-2-6-15-10/h1-3,5-7,9,16H,4,8H2,(H,17,18). The quantitative estimate of drug-likeness (QED) is 0.838. The van der Waals surface area contributed by atoms with Gasteiger partial charge in [-0.3, -0.25) is 9.97 Å². The normalized spacial score (nSPS) is 10.0. The molecule has 2 heterocycles. The zero-order valence-electron chi connectivity index (χ0n) is 9.71. The third-order valence-corrected chi connectivity index (χ3v) is 2.47. The largest absolute Gasteiger partial charge is 0.478 e. The summed E-state index contributed by atoms with van der Waals surface area (Å²) in [5.74, 6) is -0.960. The van der Waals surface area contributed by atoms with Crippen molar-refractivity contribution in [3.8, 4) is 0 Å². The summed E-state index contributed by atoms with van der Waals surface area (Å²) in [6, 6.07) is 7.20. The molecule has 0 aliphatic heterocycles. The molecule has 2 aromatic rings. The van der Waals surface area contributed by atoms with Crippen LogP contribution in [0.4, 0.5) is 5.69 Å². The van der Waals surface area contributed by atoms with E-state index in [-0.39, 0.29) is 5.56 Å². The van der Waals surface area contributed by atoms with Crippen molar-refractivity contribution in [1.82, 2.24) is 9.97 Å². The minimum atomic E-state index is -0.960. The zero-order chi connectivity index (χ0) is 12.8. The molecule has 0 spiro atoms. The Morgan fingerprint density at radius 2 is 2.17 bits per heavy atom. The summed E-state index contributed by atoms with van der Waals surface area (Å²) >= 11 is 0. The molecular weight excluding hydrogens is 230 g/mol. The number of rotatable bonds is 5. The van der Waals surface area contributed by atoms with E-state index in [9.17, 15) is 4.79 Å². The summed E-state index contributed by atoms with van der Waals surface area (Å²) in [6.07, 6.45) is 5.45. The van der Waals surface area contributed by atoms with Gasteiger partial charge in [0.15, 0.2) is 0 Å². The molecule has 0 aromatic carbocycles. The molecule has 18 heavy (non-hydrogen) atoms. The van der Waals surface area contributed by atoms with Crippen molar-refractivity contribution in [1.29, 1.82) is 0 Å². The number of carboxylic acid groups (broad SMARTS) is 1. The van der Waals surface area contributed by atoms with Gasteiger partial charge < -0.3 is 10.4 Å². The lowest BCUT2D eigenvalue weighted by Crippen LogP contribution is -2.10. The van der Waals surface area contributed by atoms with Crippen molar-refractivity contribution in [2.75, 3.05) is 11.9 Å². The summed E-state index contributed by atoms with van der Waals surface area (Å²) in [6.45, 7) is 0.614. The van der Waals surface area contributed by atoms with Crippen LogP contribution in [-0.4, -0.2) is 27.6 Å². The molecule has 0 aliphatic carbocycles. The van der Waals surface area contributed by atoms with E-state index in [4.69, 9.17) is 5.11 Å². The lowest BCUT2D eigenvalue weighted by molar-refractivity contribution is 0.0698. The second kappa shape index (κ2) is 5.77. The highest BCUT2D eigenvalue weighted by Crippen LogP contribution is 2.12. The van der Waals surface area contributed by atoms with Crippen LogP contribution in [0.25, 0.3) is 0 Å². The number of carboxylic acids is 1. The lowest BCUT2D eigenvalue weighted by Gasteiger charge is -2.08. The third-order valence-electron chi connectivity index (χ3n) is 2.47. The highest BCUT2D eigenvalue weighted by Gasteiger charge is 2.08. The van der Waals surface area contributed by atoms with Crippen molar-refractivity contribution in [2.45, 2.75) is 6.42 Å². The minimum absolute atomic E-state index is 0.228. The number of nitrogens with one attached hydrogen (secondary N) is 1. The van der Waals surface area contributed by atoms with E-state index in [1.54, 1.807) is 6.20 Å². The van der Waals surface area contributed by atoms with Gasteiger partial charge in [0, 0.05) is 31.1 Å². The Morgan fingerprint density at radius 1 is 1.28 bits per heavy atom. The smallest absolute Gasteiger partial charge is 0.337 e. The van der Waals surface area contributed by atoms with Crippen molar-refractivity contribution in [2.24, 2.45) is 0 Å². The summed E-state index contributed by atoms with van der Waals surface area (Å²) in [5.41, 5.74) is 1.72. The number of hydrogen-bond donors (Lipinski definition) is 2. The van der Waals surface area contributed by atoms with Crippen LogP contribution in [0.1, 0.15) is 16.1 Å². The molecule has 0 atom stereocenters. The molecule has 0 aliphatic rings. The van der Waals surface area contributed by atoms with E-state index < -0.39 is 5.97 Å². The average molecular weight is 243 g/mol. The van der Waals surface area contributed by atoms with Crippen LogP contribution in [0.3, 0.4) is 0 Å². The number of pyridine rings is 2. The van der Waals surface area contributed by atoms with Crippen LogP contribution >= 0.6 is 0 Å². The molecule has 0 amide bonds. The minimum Gasteiger partial charge on any atom is -0.478 e. The maximum atomic E-state index is 11.0. The Morgan fingerprint density at radius 3 is 2.89 bits per heavy atom. The molecule has 0 radical (unpaired) electrons. The Kier molecular flexibility index (Phi) is 3.86. The number of aromatic carboxylic acids is 1. The summed E-state index contributed by atoms with van der Waals surface area (Å²) < 4.78 is 0. The van der Waals surface area contributed by atoms with Gasteiger partial charge in [-0.05, 0) is 18.2 Å². The molecule has 92 valence electrons. The Labute approximate surface area is 105 Å². The lowest BCUT2D eigenvalue weighted by atomic mass is 10.2. The van der Waals surface area contributed by atoms with Crippen molar-refractivity contribution in [3.63, 3.8) is 0 Å². The second-order valence-electron chi connectivity index (χ2n) is 3.72. The second-order valence-corrected chi connectivity index (χ2v) is 3.72. The fourth-order valence-corrected chi connectivity index (χ4v) is 1.59. The maximum absolute atomic E-state index is 11.0. The summed E-state index contributed by atoms with van der Waals surface area (Å²) in [7, 11) is 0. The molecule has 5 nitrogen and oxygen atoms in total. The van der Waals surface area contributed by atoms with E-state index in [1.165, 1.54) is 18.5 Å². The molecule has 0 fully saturated rings. The SMILES string of the molecule is O=C(O)c1ccncc1NCCc1ccccn1.